The summed E-state index contributed by atoms with van der Waals surface area (Å²) in [4.78, 5) is 3.91. The van der Waals surface area contributed by atoms with Gasteiger partial charge in [0.1, 0.15) is 6.07 Å². The van der Waals surface area contributed by atoms with Crippen molar-refractivity contribution in [2.45, 2.75) is 19.4 Å². The fourth-order valence-corrected chi connectivity index (χ4v) is 4.05. The lowest BCUT2D eigenvalue weighted by molar-refractivity contribution is 0.633. The van der Waals surface area contributed by atoms with Gasteiger partial charge in [0, 0.05) is 21.6 Å². The summed E-state index contributed by atoms with van der Waals surface area (Å²) in [5, 5.41) is 11.2. The normalized spacial score (nSPS) is 17.9. The number of thiophene rings is 1. The van der Waals surface area contributed by atoms with E-state index >= 15 is 0 Å². The molecule has 96 valence electrons. The van der Waals surface area contributed by atoms with Gasteiger partial charge in [-0.05, 0) is 64.5 Å². The number of nitrogens with zero attached hydrogens (tertiary/aromatic N) is 2. The minimum absolute atomic E-state index is 0.398. The molecule has 0 radical (unpaired) electrons. The summed E-state index contributed by atoms with van der Waals surface area (Å²) >= 11 is 5.33. The Hall–Kier alpha value is -1.31. The number of halogens is 1. The molecule has 4 heteroatoms. The SMILES string of the molecule is CC1c2ccsc2CCN1c1ccc(C#N)c(Br)c1. The summed E-state index contributed by atoms with van der Waals surface area (Å²) < 4.78 is 0.871. The molecule has 0 spiro atoms. The molecule has 1 aliphatic rings. The molecular formula is C15H13BrN2S. The quantitative estimate of drug-likeness (QED) is 0.768. The molecule has 1 unspecified atom stereocenters. The lowest BCUT2D eigenvalue weighted by Crippen LogP contribution is -2.33. The van der Waals surface area contributed by atoms with Crippen molar-refractivity contribution >= 4 is 33.0 Å². The van der Waals surface area contributed by atoms with E-state index in [0.29, 0.717) is 11.6 Å². The van der Waals surface area contributed by atoms with Crippen LogP contribution in [0.3, 0.4) is 0 Å². The van der Waals surface area contributed by atoms with Crippen LogP contribution in [0, 0.1) is 11.3 Å². The first-order valence-electron chi connectivity index (χ1n) is 6.23. The first-order chi connectivity index (χ1) is 9.20. The fourth-order valence-electron chi connectivity index (χ4n) is 2.64. The molecule has 2 heterocycles. The molecule has 0 amide bonds. The molecule has 3 rings (SSSR count). The zero-order valence-corrected chi connectivity index (χ0v) is 13.0. The summed E-state index contributed by atoms with van der Waals surface area (Å²) in [6.45, 7) is 3.28. The second-order valence-corrected chi connectivity index (χ2v) is 6.55. The summed E-state index contributed by atoms with van der Waals surface area (Å²) in [5.74, 6) is 0. The van der Waals surface area contributed by atoms with Crippen molar-refractivity contribution in [2.24, 2.45) is 0 Å². The summed E-state index contributed by atoms with van der Waals surface area (Å²) in [5.41, 5.74) is 3.30. The van der Waals surface area contributed by atoms with E-state index < -0.39 is 0 Å². The molecule has 0 bridgehead atoms. The van der Waals surface area contributed by atoms with E-state index in [4.69, 9.17) is 5.26 Å². The zero-order chi connectivity index (χ0) is 13.4. The van der Waals surface area contributed by atoms with Crippen LogP contribution in [-0.2, 0) is 6.42 Å². The molecule has 0 saturated carbocycles. The van der Waals surface area contributed by atoms with E-state index in [1.54, 1.807) is 0 Å². The number of hydrogen-bond acceptors (Lipinski definition) is 3. The molecule has 1 aromatic carbocycles. The van der Waals surface area contributed by atoms with Crippen molar-refractivity contribution in [3.8, 4) is 6.07 Å². The highest BCUT2D eigenvalue weighted by Crippen LogP contribution is 2.37. The standard InChI is InChI=1S/C15H13BrN2S/c1-10-13-5-7-19-15(13)4-6-18(10)12-3-2-11(9-17)14(16)8-12/h2-3,5,7-8,10H,4,6H2,1H3. The zero-order valence-electron chi connectivity index (χ0n) is 10.6. The van der Waals surface area contributed by atoms with Gasteiger partial charge in [-0.15, -0.1) is 11.3 Å². The first kappa shape index (κ1) is 12.7. The molecule has 2 aromatic rings. The molecule has 1 aliphatic heterocycles. The fraction of sp³-hybridized carbons (Fsp3) is 0.267. The third-order valence-corrected chi connectivity index (χ3v) is 5.33. The minimum atomic E-state index is 0.398. The Balaban J connectivity index is 1.96. The van der Waals surface area contributed by atoms with Crippen molar-refractivity contribution in [1.82, 2.24) is 0 Å². The largest absolute Gasteiger partial charge is 0.364 e. The minimum Gasteiger partial charge on any atom is -0.364 e. The van der Waals surface area contributed by atoms with E-state index in [2.05, 4.69) is 45.3 Å². The van der Waals surface area contributed by atoms with Gasteiger partial charge in [-0.2, -0.15) is 5.26 Å². The number of hydrogen-bond donors (Lipinski definition) is 0. The average Bonchev–Trinajstić information content (AvgIpc) is 2.88. The molecule has 19 heavy (non-hydrogen) atoms. The van der Waals surface area contributed by atoms with Crippen LogP contribution in [0.5, 0.6) is 0 Å². The van der Waals surface area contributed by atoms with Gasteiger partial charge in [-0.3, -0.25) is 0 Å². The van der Waals surface area contributed by atoms with Crippen molar-refractivity contribution < 1.29 is 0 Å². The summed E-state index contributed by atoms with van der Waals surface area (Å²) in [6.07, 6.45) is 1.11. The van der Waals surface area contributed by atoms with E-state index in [1.807, 2.05) is 29.5 Å². The molecule has 2 nitrogen and oxygen atoms in total. The van der Waals surface area contributed by atoms with Crippen molar-refractivity contribution in [3.63, 3.8) is 0 Å². The first-order valence-corrected chi connectivity index (χ1v) is 7.90. The van der Waals surface area contributed by atoms with E-state index in [1.165, 1.54) is 16.1 Å². The van der Waals surface area contributed by atoms with E-state index in [9.17, 15) is 0 Å². The average molecular weight is 333 g/mol. The van der Waals surface area contributed by atoms with Crippen LogP contribution in [-0.4, -0.2) is 6.54 Å². The van der Waals surface area contributed by atoms with Crippen molar-refractivity contribution in [2.75, 3.05) is 11.4 Å². The smallest absolute Gasteiger partial charge is 0.100 e. The van der Waals surface area contributed by atoms with Crippen LogP contribution >= 0.6 is 27.3 Å². The molecule has 0 aliphatic carbocycles. The van der Waals surface area contributed by atoms with Crippen LogP contribution in [0.15, 0.2) is 34.1 Å². The van der Waals surface area contributed by atoms with Gasteiger partial charge in [0.05, 0.1) is 11.6 Å². The van der Waals surface area contributed by atoms with Gasteiger partial charge < -0.3 is 4.90 Å². The number of benzene rings is 1. The van der Waals surface area contributed by atoms with Crippen LogP contribution < -0.4 is 4.90 Å². The van der Waals surface area contributed by atoms with Gasteiger partial charge in [0.25, 0.3) is 0 Å². The van der Waals surface area contributed by atoms with Crippen LogP contribution in [0.2, 0.25) is 0 Å². The Morgan fingerprint density at radius 1 is 1.42 bits per heavy atom. The number of nitriles is 1. The Kier molecular flexibility index (Phi) is 3.34. The molecule has 0 fully saturated rings. The Labute approximate surface area is 125 Å². The maximum absolute atomic E-state index is 8.98. The third kappa shape index (κ3) is 2.18. The lowest BCUT2D eigenvalue weighted by Gasteiger charge is -2.35. The highest BCUT2D eigenvalue weighted by atomic mass is 79.9. The molecule has 0 N–H and O–H groups in total. The van der Waals surface area contributed by atoms with Crippen LogP contribution in [0.1, 0.15) is 29.0 Å². The Morgan fingerprint density at radius 2 is 2.26 bits per heavy atom. The topological polar surface area (TPSA) is 27.0 Å². The van der Waals surface area contributed by atoms with E-state index in [0.717, 1.165) is 17.4 Å². The van der Waals surface area contributed by atoms with Gasteiger partial charge in [-0.25, -0.2) is 0 Å². The lowest BCUT2D eigenvalue weighted by atomic mass is 10.0. The predicted octanol–water partition coefficient (Wildman–Crippen LogP) is 4.51. The summed E-state index contributed by atoms with van der Waals surface area (Å²) in [6, 6.07) is 10.8. The Morgan fingerprint density at radius 3 is 3.00 bits per heavy atom. The predicted molar refractivity (Wildman–Crippen MR) is 82.6 cm³/mol. The third-order valence-electron chi connectivity index (χ3n) is 3.68. The second kappa shape index (κ2) is 4.99. The van der Waals surface area contributed by atoms with Gasteiger partial charge in [0.2, 0.25) is 0 Å². The second-order valence-electron chi connectivity index (χ2n) is 4.69. The maximum Gasteiger partial charge on any atom is 0.100 e. The van der Waals surface area contributed by atoms with Gasteiger partial charge in [0.15, 0.2) is 0 Å². The van der Waals surface area contributed by atoms with Crippen molar-refractivity contribution in [1.29, 1.82) is 5.26 Å². The van der Waals surface area contributed by atoms with Crippen LogP contribution in [0.25, 0.3) is 0 Å². The van der Waals surface area contributed by atoms with E-state index in [-0.39, 0.29) is 0 Å². The van der Waals surface area contributed by atoms with Gasteiger partial charge >= 0.3 is 0 Å². The highest BCUT2D eigenvalue weighted by molar-refractivity contribution is 9.10. The summed E-state index contributed by atoms with van der Waals surface area (Å²) in [7, 11) is 0. The number of fused-ring (bicyclic) bond motifs is 1. The maximum atomic E-state index is 8.98. The molecule has 1 atom stereocenters. The molecule has 1 aromatic heterocycles. The monoisotopic (exact) mass is 332 g/mol. The molecular weight excluding hydrogens is 320 g/mol. The highest BCUT2D eigenvalue weighted by Gasteiger charge is 2.25. The number of anilines is 1. The van der Waals surface area contributed by atoms with Gasteiger partial charge in [-0.1, -0.05) is 0 Å². The molecule has 0 saturated heterocycles. The van der Waals surface area contributed by atoms with Crippen LogP contribution in [0.4, 0.5) is 5.69 Å². The van der Waals surface area contributed by atoms with Crippen molar-refractivity contribution in [3.05, 3.63) is 50.1 Å². The Bertz CT molecular complexity index is 656. The number of rotatable bonds is 1.